The van der Waals surface area contributed by atoms with Gasteiger partial charge in [-0.05, 0) is 42.1 Å². The summed E-state index contributed by atoms with van der Waals surface area (Å²) in [5.74, 6) is 1.13. The van der Waals surface area contributed by atoms with Gasteiger partial charge in [0, 0.05) is 26.2 Å². The van der Waals surface area contributed by atoms with Crippen LogP contribution in [0.5, 0.6) is 0 Å². The summed E-state index contributed by atoms with van der Waals surface area (Å²) in [6, 6.07) is 8.92. The molecule has 0 bridgehead atoms. The fraction of sp³-hybridized carbons (Fsp3) is 0.381. The Morgan fingerprint density at radius 2 is 1.74 bits per heavy atom. The Hall–Kier alpha value is -2.56. The van der Waals surface area contributed by atoms with E-state index in [-0.39, 0.29) is 15.6 Å². The molecule has 10 heteroatoms. The van der Waals surface area contributed by atoms with E-state index in [9.17, 15) is 8.42 Å². The molecule has 162 valence electrons. The molecule has 0 N–H and O–H groups in total. The number of aromatic nitrogens is 4. The summed E-state index contributed by atoms with van der Waals surface area (Å²) in [5, 5.41) is 10.1. The molecule has 4 aromatic rings. The van der Waals surface area contributed by atoms with E-state index in [0.717, 1.165) is 47.8 Å². The van der Waals surface area contributed by atoms with Crippen LogP contribution in [-0.4, -0.2) is 66.4 Å². The summed E-state index contributed by atoms with van der Waals surface area (Å²) in [6.07, 6.45) is 0. The maximum Gasteiger partial charge on any atom is 0.229 e. The molecule has 0 unspecified atom stereocenters. The number of sulfone groups is 1. The largest absolute Gasteiger partial charge is 0.353 e. The van der Waals surface area contributed by atoms with Gasteiger partial charge in [-0.25, -0.2) is 13.4 Å². The van der Waals surface area contributed by atoms with E-state index in [1.54, 1.807) is 28.0 Å². The zero-order chi connectivity index (χ0) is 21.8. The Labute approximate surface area is 185 Å². The fourth-order valence-electron chi connectivity index (χ4n) is 3.86. The normalized spacial score (nSPS) is 16.1. The first-order chi connectivity index (χ1) is 14.9. The number of thiophene rings is 1. The second-order valence-corrected chi connectivity index (χ2v) is 11.0. The lowest BCUT2D eigenvalue weighted by Crippen LogP contribution is -2.44. The highest BCUT2D eigenvalue weighted by molar-refractivity contribution is 7.91. The van der Waals surface area contributed by atoms with Crippen molar-refractivity contribution in [2.45, 2.75) is 29.7 Å². The quantitative estimate of drug-likeness (QED) is 0.467. The third-order valence-corrected chi connectivity index (χ3v) is 8.38. The van der Waals surface area contributed by atoms with E-state index >= 15 is 0 Å². The Balaban J connectivity index is 1.65. The molecule has 1 fully saturated rings. The maximum atomic E-state index is 13.4. The van der Waals surface area contributed by atoms with Crippen LogP contribution in [0, 0.1) is 0 Å². The molecule has 0 amide bonds. The number of rotatable bonds is 4. The Bertz CT molecular complexity index is 1350. The van der Waals surface area contributed by atoms with E-state index in [2.05, 4.69) is 41.0 Å². The third kappa shape index (κ3) is 3.38. The molecule has 0 saturated carbocycles. The second-order valence-electron chi connectivity index (χ2n) is 8.22. The summed E-state index contributed by atoms with van der Waals surface area (Å²) in [4.78, 5) is 9.50. The fourth-order valence-corrected chi connectivity index (χ4v) is 5.98. The van der Waals surface area contributed by atoms with Crippen molar-refractivity contribution in [3.8, 4) is 0 Å². The highest BCUT2D eigenvalue weighted by Crippen LogP contribution is 2.33. The van der Waals surface area contributed by atoms with Gasteiger partial charge in [-0.3, -0.25) is 0 Å². The van der Waals surface area contributed by atoms with Gasteiger partial charge in [-0.15, -0.1) is 16.4 Å². The number of fused-ring (bicyclic) bond motifs is 3. The van der Waals surface area contributed by atoms with Gasteiger partial charge in [0.1, 0.15) is 0 Å². The van der Waals surface area contributed by atoms with Crippen molar-refractivity contribution >= 4 is 42.9 Å². The van der Waals surface area contributed by atoms with Gasteiger partial charge >= 0.3 is 0 Å². The van der Waals surface area contributed by atoms with E-state index in [4.69, 9.17) is 4.98 Å². The highest BCUT2D eigenvalue weighted by Gasteiger charge is 2.29. The summed E-state index contributed by atoms with van der Waals surface area (Å²) < 4.78 is 29.4. The smallest absolute Gasteiger partial charge is 0.229 e. The SMILES string of the molecule is CC(C)c1ccc(S(=O)(=O)c2nnn3c2nc(N2CCN(C)CC2)c2sccc23)cc1. The minimum atomic E-state index is -3.85. The van der Waals surface area contributed by atoms with Crippen LogP contribution in [0.25, 0.3) is 15.9 Å². The number of benzene rings is 1. The van der Waals surface area contributed by atoms with Crippen LogP contribution < -0.4 is 4.90 Å². The van der Waals surface area contributed by atoms with Gasteiger partial charge in [-0.2, -0.15) is 4.52 Å². The van der Waals surface area contributed by atoms with E-state index in [1.165, 1.54) is 0 Å². The highest BCUT2D eigenvalue weighted by atomic mass is 32.2. The number of hydrogen-bond donors (Lipinski definition) is 0. The lowest BCUT2D eigenvalue weighted by molar-refractivity contribution is 0.312. The van der Waals surface area contributed by atoms with Crippen molar-refractivity contribution < 1.29 is 8.42 Å². The number of piperazine rings is 1. The summed E-state index contributed by atoms with van der Waals surface area (Å²) in [5.41, 5.74) is 2.18. The maximum absolute atomic E-state index is 13.4. The summed E-state index contributed by atoms with van der Waals surface area (Å²) in [7, 11) is -1.75. The predicted octanol–water partition coefficient (Wildman–Crippen LogP) is 3.05. The average Bonchev–Trinajstić information content (AvgIpc) is 3.41. The van der Waals surface area contributed by atoms with Crippen molar-refractivity contribution in [1.82, 2.24) is 24.7 Å². The van der Waals surface area contributed by atoms with Crippen molar-refractivity contribution in [2.24, 2.45) is 0 Å². The first-order valence-electron chi connectivity index (χ1n) is 10.3. The Morgan fingerprint density at radius 3 is 2.42 bits per heavy atom. The van der Waals surface area contributed by atoms with Crippen LogP contribution in [0.1, 0.15) is 25.3 Å². The Morgan fingerprint density at radius 1 is 1.03 bits per heavy atom. The van der Waals surface area contributed by atoms with Gasteiger partial charge in [0.05, 0.1) is 15.1 Å². The molecule has 1 aliphatic heterocycles. The molecule has 8 nitrogen and oxygen atoms in total. The molecule has 1 aromatic carbocycles. The number of nitrogens with zero attached hydrogens (tertiary/aromatic N) is 6. The zero-order valence-electron chi connectivity index (χ0n) is 17.7. The molecule has 31 heavy (non-hydrogen) atoms. The van der Waals surface area contributed by atoms with E-state index in [0.29, 0.717) is 5.92 Å². The lowest BCUT2D eigenvalue weighted by Gasteiger charge is -2.33. The van der Waals surface area contributed by atoms with Crippen LogP contribution in [0.15, 0.2) is 45.6 Å². The predicted molar refractivity (Wildman–Crippen MR) is 122 cm³/mol. The van der Waals surface area contributed by atoms with E-state index in [1.807, 2.05) is 23.6 Å². The molecule has 5 rings (SSSR count). The van der Waals surface area contributed by atoms with Crippen molar-refractivity contribution in [2.75, 3.05) is 38.1 Å². The van der Waals surface area contributed by atoms with Gasteiger partial charge in [0.25, 0.3) is 0 Å². The van der Waals surface area contributed by atoms with Crippen molar-refractivity contribution in [1.29, 1.82) is 0 Å². The topological polar surface area (TPSA) is 83.7 Å². The first kappa shape index (κ1) is 20.3. The lowest BCUT2D eigenvalue weighted by atomic mass is 10.0. The standard InChI is InChI=1S/C21H24N6O2S2/c1-14(2)15-4-6-16(7-5-15)31(28,29)21-20-22-19(26-11-9-25(3)10-12-26)18-17(8-13-30-18)27(20)24-23-21/h4-8,13-14H,9-12H2,1-3H3. The van der Waals surface area contributed by atoms with Crippen LogP contribution in [-0.2, 0) is 9.84 Å². The van der Waals surface area contributed by atoms with Crippen molar-refractivity contribution in [3.05, 3.63) is 41.3 Å². The number of anilines is 1. The minimum absolute atomic E-state index is 0.103. The van der Waals surface area contributed by atoms with Gasteiger partial charge in [-0.1, -0.05) is 31.2 Å². The first-order valence-corrected chi connectivity index (χ1v) is 12.6. The van der Waals surface area contributed by atoms with Crippen molar-refractivity contribution in [3.63, 3.8) is 0 Å². The molecule has 0 spiro atoms. The van der Waals surface area contributed by atoms with Crippen LogP contribution >= 0.6 is 11.3 Å². The second kappa shape index (κ2) is 7.54. The number of likely N-dealkylation sites (N-methyl/N-ethyl adjacent to an activating group) is 1. The van der Waals surface area contributed by atoms with Crippen LogP contribution in [0.4, 0.5) is 5.82 Å². The van der Waals surface area contributed by atoms with Crippen LogP contribution in [0.2, 0.25) is 0 Å². The molecule has 1 aliphatic rings. The molecule has 0 aliphatic carbocycles. The monoisotopic (exact) mass is 456 g/mol. The molecule has 1 saturated heterocycles. The molecule has 4 heterocycles. The molecule has 3 aromatic heterocycles. The molecule has 0 radical (unpaired) electrons. The average molecular weight is 457 g/mol. The number of hydrogen-bond acceptors (Lipinski definition) is 8. The minimum Gasteiger partial charge on any atom is -0.353 e. The van der Waals surface area contributed by atoms with Gasteiger partial charge < -0.3 is 9.80 Å². The van der Waals surface area contributed by atoms with E-state index < -0.39 is 9.84 Å². The summed E-state index contributed by atoms with van der Waals surface area (Å²) >= 11 is 1.58. The zero-order valence-corrected chi connectivity index (χ0v) is 19.3. The summed E-state index contributed by atoms with van der Waals surface area (Å²) in [6.45, 7) is 7.70. The van der Waals surface area contributed by atoms with Gasteiger partial charge in [0.2, 0.25) is 14.9 Å². The third-order valence-electron chi connectivity index (χ3n) is 5.82. The van der Waals surface area contributed by atoms with Crippen LogP contribution in [0.3, 0.4) is 0 Å². The molecular formula is C21H24N6O2S2. The Kier molecular flexibility index (Phi) is 4.95. The van der Waals surface area contributed by atoms with Gasteiger partial charge in [0.15, 0.2) is 11.5 Å². The molecular weight excluding hydrogens is 432 g/mol. The molecule has 0 atom stereocenters.